The molecule has 1 aliphatic heterocycles. The summed E-state index contributed by atoms with van der Waals surface area (Å²) in [6, 6.07) is 14.0. The zero-order chi connectivity index (χ0) is 19.2. The summed E-state index contributed by atoms with van der Waals surface area (Å²) in [5.41, 5.74) is 2.66. The topological polar surface area (TPSA) is 44.8 Å². The highest BCUT2D eigenvalue weighted by atomic mass is 19.1. The maximum absolute atomic E-state index is 13.3. The predicted molar refractivity (Wildman–Crippen MR) is 105 cm³/mol. The number of amides is 1. The Hall–Kier alpha value is -2.44. The Morgan fingerprint density at radius 1 is 1.11 bits per heavy atom. The van der Waals surface area contributed by atoms with Gasteiger partial charge in [0.05, 0.1) is 19.3 Å². The molecule has 0 bridgehead atoms. The van der Waals surface area contributed by atoms with Crippen LogP contribution >= 0.6 is 0 Å². The van der Waals surface area contributed by atoms with Crippen LogP contribution in [-0.4, -0.2) is 57.8 Å². The van der Waals surface area contributed by atoms with E-state index in [1.165, 1.54) is 12.1 Å². The molecule has 0 aliphatic carbocycles. The van der Waals surface area contributed by atoms with Crippen LogP contribution < -0.4 is 10.2 Å². The van der Waals surface area contributed by atoms with Gasteiger partial charge in [-0.05, 0) is 42.0 Å². The molecule has 3 rings (SSSR count). The molecule has 6 heteroatoms. The zero-order valence-electron chi connectivity index (χ0n) is 15.8. The number of rotatable bonds is 6. The second-order valence-corrected chi connectivity index (χ2v) is 6.87. The molecule has 0 radical (unpaired) electrons. The van der Waals surface area contributed by atoms with Crippen molar-refractivity contribution in [2.75, 3.05) is 51.8 Å². The van der Waals surface area contributed by atoms with E-state index in [0.29, 0.717) is 25.3 Å². The number of benzene rings is 2. The molecule has 144 valence electrons. The van der Waals surface area contributed by atoms with E-state index >= 15 is 0 Å². The van der Waals surface area contributed by atoms with E-state index in [0.717, 1.165) is 24.3 Å². The molecule has 1 saturated heterocycles. The highest BCUT2D eigenvalue weighted by Gasteiger charge is 2.23. The van der Waals surface area contributed by atoms with Gasteiger partial charge in [0, 0.05) is 45.0 Å². The van der Waals surface area contributed by atoms with Crippen molar-refractivity contribution in [3.8, 4) is 0 Å². The Morgan fingerprint density at radius 2 is 1.74 bits per heavy atom. The quantitative estimate of drug-likeness (QED) is 0.848. The number of anilines is 1. The molecule has 1 N–H and O–H groups in total. The van der Waals surface area contributed by atoms with E-state index < -0.39 is 0 Å². The van der Waals surface area contributed by atoms with E-state index in [9.17, 15) is 9.18 Å². The van der Waals surface area contributed by atoms with E-state index in [-0.39, 0.29) is 17.8 Å². The van der Waals surface area contributed by atoms with Crippen molar-refractivity contribution >= 4 is 11.6 Å². The first-order valence-electron chi connectivity index (χ1n) is 9.17. The van der Waals surface area contributed by atoms with E-state index in [4.69, 9.17) is 4.74 Å². The fraction of sp³-hybridized carbons (Fsp3) is 0.381. The number of nitrogens with one attached hydrogen (secondary N) is 1. The first kappa shape index (κ1) is 19.3. The van der Waals surface area contributed by atoms with Gasteiger partial charge >= 0.3 is 0 Å². The van der Waals surface area contributed by atoms with Crippen molar-refractivity contribution in [1.29, 1.82) is 0 Å². The smallest absolute Gasteiger partial charge is 0.251 e. The number of hydrogen-bond donors (Lipinski definition) is 1. The van der Waals surface area contributed by atoms with Crippen molar-refractivity contribution in [2.45, 2.75) is 6.04 Å². The van der Waals surface area contributed by atoms with Crippen LogP contribution in [0.5, 0.6) is 0 Å². The van der Waals surface area contributed by atoms with Gasteiger partial charge in [-0.2, -0.15) is 0 Å². The van der Waals surface area contributed by atoms with Crippen LogP contribution in [0.4, 0.5) is 10.1 Å². The number of nitrogens with zero attached hydrogens (tertiary/aromatic N) is 2. The normalized spacial score (nSPS) is 16.0. The summed E-state index contributed by atoms with van der Waals surface area (Å²) in [6.45, 7) is 3.36. The Bertz CT molecular complexity index is 741. The minimum Gasteiger partial charge on any atom is -0.379 e. The first-order chi connectivity index (χ1) is 13.0. The monoisotopic (exact) mass is 371 g/mol. The Morgan fingerprint density at radius 3 is 2.33 bits per heavy atom. The van der Waals surface area contributed by atoms with Gasteiger partial charge < -0.3 is 15.0 Å². The van der Waals surface area contributed by atoms with E-state index in [1.54, 1.807) is 12.1 Å². The largest absolute Gasteiger partial charge is 0.379 e. The maximum Gasteiger partial charge on any atom is 0.251 e. The van der Waals surface area contributed by atoms with E-state index in [2.05, 4.69) is 10.2 Å². The Balaban J connectivity index is 1.69. The van der Waals surface area contributed by atoms with Crippen LogP contribution in [-0.2, 0) is 4.74 Å². The SMILES string of the molecule is CN(C)c1ccc(C(=O)NCC(c2ccc(F)cc2)N2CCOCC2)cc1. The third-order valence-electron chi connectivity index (χ3n) is 4.84. The van der Waals surface area contributed by atoms with Crippen LogP contribution in [0.25, 0.3) is 0 Å². The fourth-order valence-corrected chi connectivity index (χ4v) is 3.23. The Labute approximate surface area is 159 Å². The molecule has 0 saturated carbocycles. The van der Waals surface area contributed by atoms with Gasteiger partial charge in [-0.1, -0.05) is 12.1 Å². The Kier molecular flexibility index (Phi) is 6.42. The van der Waals surface area contributed by atoms with Gasteiger partial charge in [-0.3, -0.25) is 9.69 Å². The van der Waals surface area contributed by atoms with Crippen LogP contribution in [0.3, 0.4) is 0 Å². The number of halogens is 1. The lowest BCUT2D eigenvalue weighted by atomic mass is 10.0. The molecule has 2 aromatic rings. The molecule has 0 spiro atoms. The van der Waals surface area contributed by atoms with Crippen molar-refractivity contribution in [2.24, 2.45) is 0 Å². The van der Waals surface area contributed by atoms with Crippen LogP contribution in [0.2, 0.25) is 0 Å². The lowest BCUT2D eigenvalue weighted by molar-refractivity contribution is 0.0162. The third-order valence-corrected chi connectivity index (χ3v) is 4.84. The summed E-state index contributed by atoms with van der Waals surface area (Å²) < 4.78 is 18.7. The summed E-state index contributed by atoms with van der Waals surface area (Å²) >= 11 is 0. The molecule has 27 heavy (non-hydrogen) atoms. The molecule has 1 fully saturated rings. The van der Waals surface area contributed by atoms with Gasteiger partial charge in [-0.25, -0.2) is 4.39 Å². The summed E-state index contributed by atoms with van der Waals surface area (Å²) in [4.78, 5) is 16.8. The zero-order valence-corrected chi connectivity index (χ0v) is 15.8. The highest BCUT2D eigenvalue weighted by Crippen LogP contribution is 2.22. The predicted octanol–water partition coefficient (Wildman–Crippen LogP) is 2.70. The lowest BCUT2D eigenvalue weighted by Gasteiger charge is -2.35. The molecule has 1 amide bonds. The molecule has 1 unspecified atom stereocenters. The van der Waals surface area contributed by atoms with E-state index in [1.807, 2.05) is 43.3 Å². The minimum absolute atomic E-state index is 0.0144. The summed E-state index contributed by atoms with van der Waals surface area (Å²) in [5, 5.41) is 3.03. The average molecular weight is 371 g/mol. The average Bonchev–Trinajstić information content (AvgIpc) is 2.70. The van der Waals surface area contributed by atoms with Crippen molar-refractivity contribution < 1.29 is 13.9 Å². The van der Waals surface area contributed by atoms with Gasteiger partial charge in [0.1, 0.15) is 5.82 Å². The summed E-state index contributed by atoms with van der Waals surface area (Å²) in [7, 11) is 3.93. The van der Waals surface area contributed by atoms with Gasteiger partial charge in [-0.15, -0.1) is 0 Å². The molecule has 1 heterocycles. The number of carbonyl (C=O) groups is 1. The van der Waals surface area contributed by atoms with Crippen molar-refractivity contribution in [1.82, 2.24) is 10.2 Å². The first-order valence-corrected chi connectivity index (χ1v) is 9.17. The standard InChI is InChI=1S/C21H26FN3O2/c1-24(2)19-9-5-17(6-10-19)21(26)23-15-20(25-11-13-27-14-12-25)16-3-7-18(22)8-4-16/h3-10,20H,11-15H2,1-2H3,(H,23,26). The highest BCUT2D eigenvalue weighted by molar-refractivity contribution is 5.94. The van der Waals surface area contributed by atoms with Crippen molar-refractivity contribution in [3.05, 3.63) is 65.5 Å². The van der Waals surface area contributed by atoms with Crippen LogP contribution in [0.1, 0.15) is 22.0 Å². The molecule has 1 atom stereocenters. The number of hydrogen-bond acceptors (Lipinski definition) is 4. The molecular weight excluding hydrogens is 345 g/mol. The van der Waals surface area contributed by atoms with Gasteiger partial charge in [0.25, 0.3) is 5.91 Å². The second kappa shape index (κ2) is 8.97. The third kappa shape index (κ3) is 5.05. The number of ether oxygens (including phenoxy) is 1. The molecule has 2 aromatic carbocycles. The van der Waals surface area contributed by atoms with Gasteiger partial charge in [0.2, 0.25) is 0 Å². The molecule has 1 aliphatic rings. The minimum atomic E-state index is -0.260. The maximum atomic E-state index is 13.3. The molecule has 5 nitrogen and oxygen atoms in total. The van der Waals surface area contributed by atoms with Gasteiger partial charge in [0.15, 0.2) is 0 Å². The number of carbonyl (C=O) groups excluding carboxylic acids is 1. The lowest BCUT2D eigenvalue weighted by Crippen LogP contribution is -2.43. The summed E-state index contributed by atoms with van der Waals surface area (Å²) in [6.07, 6.45) is 0. The van der Waals surface area contributed by atoms with Crippen molar-refractivity contribution in [3.63, 3.8) is 0 Å². The van der Waals surface area contributed by atoms with Crippen LogP contribution in [0, 0.1) is 5.82 Å². The van der Waals surface area contributed by atoms with Crippen LogP contribution in [0.15, 0.2) is 48.5 Å². The number of morpholine rings is 1. The second-order valence-electron chi connectivity index (χ2n) is 6.87. The molecule has 0 aromatic heterocycles. The fourth-order valence-electron chi connectivity index (χ4n) is 3.23. The molecular formula is C21H26FN3O2. The summed E-state index contributed by atoms with van der Waals surface area (Å²) in [5.74, 6) is -0.370.